The van der Waals surface area contributed by atoms with Gasteiger partial charge in [0.2, 0.25) is 0 Å². The van der Waals surface area contributed by atoms with Gasteiger partial charge in [0.1, 0.15) is 0 Å². The summed E-state index contributed by atoms with van der Waals surface area (Å²) in [6.45, 7) is 16.5. The normalized spacial score (nSPS) is 9.72. The molecular weight excluding hydrogens is 575 g/mol. The number of benzene rings is 2. The van der Waals surface area contributed by atoms with Crippen LogP contribution in [-0.4, -0.2) is 9.52 Å². The zero-order chi connectivity index (χ0) is 26.8. The van der Waals surface area contributed by atoms with Crippen molar-refractivity contribution < 1.29 is 20.8 Å². The van der Waals surface area contributed by atoms with E-state index in [0.717, 1.165) is 9.52 Å². The van der Waals surface area contributed by atoms with Gasteiger partial charge in [-0.2, -0.15) is 12.1 Å². The molecule has 4 aromatic rings. The van der Waals surface area contributed by atoms with Crippen LogP contribution in [0.5, 0.6) is 0 Å². The van der Waals surface area contributed by atoms with Crippen molar-refractivity contribution >= 4 is 60.2 Å². The Morgan fingerprint density at radius 3 is 1.44 bits per heavy atom. The minimum absolute atomic E-state index is 0.826. The summed E-state index contributed by atoms with van der Waals surface area (Å²) in [7, 11) is 11.0. The molecule has 0 amide bonds. The Bertz CT molecular complexity index is 1060. The van der Waals surface area contributed by atoms with Crippen LogP contribution in [0.3, 0.4) is 0 Å². The molecule has 0 heterocycles. The number of fused-ring (bicyclic) bond motifs is 2. The third-order valence-electron chi connectivity index (χ3n) is 5.77. The molecule has 4 heteroatoms. The van der Waals surface area contributed by atoms with E-state index in [2.05, 4.69) is 101 Å². The Hall–Kier alpha value is -1.18. The summed E-state index contributed by atoms with van der Waals surface area (Å²) in [5.41, 5.74) is 5.41. The van der Waals surface area contributed by atoms with Gasteiger partial charge >= 0.3 is 37.9 Å². The van der Waals surface area contributed by atoms with Gasteiger partial charge in [-0.05, 0) is 12.8 Å². The molecule has 0 fully saturated rings. The maximum absolute atomic E-state index is 4.93. The van der Waals surface area contributed by atoms with Crippen molar-refractivity contribution in [3.8, 4) is 0 Å². The maximum atomic E-state index is 4.93. The third kappa shape index (κ3) is 11.1. The summed E-state index contributed by atoms with van der Waals surface area (Å²) in [6.07, 6.45) is 11.3. The van der Waals surface area contributed by atoms with Crippen LogP contribution >= 0.6 is 17.0 Å². The van der Waals surface area contributed by atoms with Crippen molar-refractivity contribution in [2.45, 2.75) is 65.5 Å². The van der Waals surface area contributed by atoms with Gasteiger partial charge in [0.15, 0.2) is 0 Å². The number of aryl methyl sites for hydroxylation is 2. The van der Waals surface area contributed by atoms with Crippen LogP contribution < -0.4 is 0 Å². The first kappa shape index (κ1) is 32.8. The van der Waals surface area contributed by atoms with Crippen LogP contribution in [0.25, 0.3) is 33.7 Å². The molecule has 0 aliphatic heterocycles. The van der Waals surface area contributed by atoms with Gasteiger partial charge in [-0.15, -0.1) is 69.1 Å². The first-order valence-electron chi connectivity index (χ1n) is 12.7. The average molecular weight is 615 g/mol. The Morgan fingerprint density at radius 2 is 1.14 bits per heavy atom. The summed E-state index contributed by atoms with van der Waals surface area (Å²) < 4.78 is 0. The summed E-state index contributed by atoms with van der Waals surface area (Å²) in [4.78, 5) is 0. The van der Waals surface area contributed by atoms with E-state index in [4.69, 9.17) is 17.0 Å². The monoisotopic (exact) mass is 612 g/mol. The predicted octanol–water partition coefficient (Wildman–Crippen LogP) is 11.3. The summed E-state index contributed by atoms with van der Waals surface area (Å²) in [5.74, 6) is 0. The number of unbranched alkanes of at least 4 members (excludes halogenated alkanes) is 2. The zero-order valence-electron chi connectivity index (χ0n) is 22.3. The van der Waals surface area contributed by atoms with Gasteiger partial charge in [0.05, 0.1) is 0 Å². The van der Waals surface area contributed by atoms with Crippen molar-refractivity contribution in [1.29, 1.82) is 0 Å². The molecule has 0 unspecified atom stereocenters. The third-order valence-corrected chi connectivity index (χ3v) is 5.77. The van der Waals surface area contributed by atoms with Crippen molar-refractivity contribution in [1.82, 2.24) is 0 Å². The molecule has 0 bridgehead atoms. The summed E-state index contributed by atoms with van der Waals surface area (Å²) >= 11 is -0.826. The fraction of sp³-hybridized carbons (Fsp3) is 0.312. The van der Waals surface area contributed by atoms with Crippen LogP contribution in [0.1, 0.15) is 61.8 Å². The van der Waals surface area contributed by atoms with E-state index in [1.165, 1.54) is 82.3 Å². The zero-order valence-corrected chi connectivity index (χ0v) is 27.3. The molecule has 4 aromatic carbocycles. The van der Waals surface area contributed by atoms with Crippen LogP contribution in [0.4, 0.5) is 0 Å². The molecule has 2 radical (unpaired) electrons. The molecule has 0 aliphatic rings. The molecule has 0 aliphatic carbocycles. The molecule has 0 saturated heterocycles. The van der Waals surface area contributed by atoms with Crippen molar-refractivity contribution in [3.05, 3.63) is 96.1 Å². The molecule has 4 rings (SSSR count). The Labute approximate surface area is 241 Å². The van der Waals surface area contributed by atoms with E-state index in [-0.39, 0.29) is 0 Å². The topological polar surface area (TPSA) is 0 Å². The Morgan fingerprint density at radius 1 is 0.778 bits per heavy atom. The molecular formula is C32H40Cl2SiZr. The van der Waals surface area contributed by atoms with E-state index < -0.39 is 20.8 Å². The van der Waals surface area contributed by atoms with Crippen molar-refractivity contribution in [2.75, 3.05) is 0 Å². The van der Waals surface area contributed by atoms with E-state index >= 15 is 0 Å². The van der Waals surface area contributed by atoms with Gasteiger partial charge in [0.25, 0.3) is 0 Å². The first-order chi connectivity index (χ1) is 17.5. The van der Waals surface area contributed by atoms with Crippen LogP contribution in [0.15, 0.2) is 73.8 Å². The van der Waals surface area contributed by atoms with Crippen LogP contribution in [0, 0.1) is 0 Å². The molecule has 0 nitrogen and oxygen atoms in total. The second-order valence-corrected chi connectivity index (χ2v) is 13.3. The minimum atomic E-state index is -0.826. The fourth-order valence-electron chi connectivity index (χ4n) is 4.05. The van der Waals surface area contributed by atoms with Gasteiger partial charge < -0.3 is 0 Å². The number of rotatable bonds is 8. The number of hydrogen-bond acceptors (Lipinski definition) is 0. The molecule has 0 N–H and O–H groups in total. The molecule has 0 spiro atoms. The van der Waals surface area contributed by atoms with Crippen LogP contribution in [-0.2, 0) is 33.7 Å². The van der Waals surface area contributed by atoms with Gasteiger partial charge in [-0.25, -0.2) is 0 Å². The van der Waals surface area contributed by atoms with Crippen molar-refractivity contribution in [2.24, 2.45) is 0 Å². The molecule has 36 heavy (non-hydrogen) atoms. The Balaban J connectivity index is 0.000000296. The molecule has 0 atom stereocenters. The quantitative estimate of drug-likeness (QED) is 0.137. The van der Waals surface area contributed by atoms with Crippen molar-refractivity contribution in [3.63, 3.8) is 0 Å². The van der Waals surface area contributed by atoms with E-state index in [9.17, 15) is 0 Å². The van der Waals surface area contributed by atoms with E-state index in [1.54, 1.807) is 0 Å². The average Bonchev–Trinajstić information content (AvgIpc) is 3.51. The first-order valence-corrected chi connectivity index (χ1v) is 21.0. The standard InChI is InChI=1S/2C15H17.C2H6Si.2ClH.Zr/c2*1-3-5-7-12-10-14-9-6-8-13(4-2)15(14)11-12;1-3-2;;;/h2*4,6,8-11H,2-3,5,7H2,1H3;1-2H3;2*1H;/q2*-1;;;;+4/p-2. The predicted molar refractivity (Wildman–Crippen MR) is 166 cm³/mol. The molecule has 0 aromatic heterocycles. The van der Waals surface area contributed by atoms with E-state index in [1.807, 2.05) is 12.2 Å². The second-order valence-electron chi connectivity index (χ2n) is 8.61. The summed E-state index contributed by atoms with van der Waals surface area (Å²) in [6, 6.07) is 22.0. The van der Waals surface area contributed by atoms with Gasteiger partial charge in [-0.3, -0.25) is 0 Å². The summed E-state index contributed by atoms with van der Waals surface area (Å²) in [5, 5.41) is 5.38. The number of halogens is 2. The fourth-order valence-corrected chi connectivity index (χ4v) is 4.05. The SMILES string of the molecule is C=Cc1cccc2[cH-]c(CCCC)cc12.C=Cc1cccc2[cH-]c(CCCC)cc12.C[Si]C.[Cl][Zr+2][Cl]. The van der Waals surface area contributed by atoms with Crippen LogP contribution in [0.2, 0.25) is 13.1 Å². The van der Waals surface area contributed by atoms with Gasteiger partial charge in [-0.1, -0.05) is 101 Å². The Kier molecular flexibility index (Phi) is 18.1. The van der Waals surface area contributed by atoms with E-state index in [0.29, 0.717) is 0 Å². The molecule has 0 saturated carbocycles. The second kappa shape index (κ2) is 19.9. The number of hydrogen-bond donors (Lipinski definition) is 0. The van der Waals surface area contributed by atoms with Gasteiger partial charge in [0, 0.05) is 9.52 Å². The molecule has 190 valence electrons.